The van der Waals surface area contributed by atoms with Gasteiger partial charge in [-0.25, -0.2) is 4.98 Å². The van der Waals surface area contributed by atoms with E-state index in [0.717, 1.165) is 10.0 Å². The normalized spacial score (nSPS) is 10.6. The van der Waals surface area contributed by atoms with Gasteiger partial charge in [0, 0.05) is 16.2 Å². The summed E-state index contributed by atoms with van der Waals surface area (Å²) in [6.45, 7) is 1.84. The van der Waals surface area contributed by atoms with Crippen molar-refractivity contribution in [3.63, 3.8) is 0 Å². The second-order valence-electron chi connectivity index (χ2n) is 4.26. The third kappa shape index (κ3) is 2.64. The van der Waals surface area contributed by atoms with Crippen molar-refractivity contribution in [1.29, 1.82) is 0 Å². The molecule has 0 fully saturated rings. The Balaban J connectivity index is 2.01. The van der Waals surface area contributed by atoms with Gasteiger partial charge in [-0.15, -0.1) is 0 Å². The van der Waals surface area contributed by atoms with E-state index in [1.54, 1.807) is 6.20 Å². The summed E-state index contributed by atoms with van der Waals surface area (Å²) in [5.74, 6) is 0.883. The molecule has 3 aromatic rings. The van der Waals surface area contributed by atoms with Crippen molar-refractivity contribution in [2.24, 2.45) is 0 Å². The molecule has 3 rings (SSSR count). The number of nitrogens with zero attached hydrogens (tertiary/aromatic N) is 4. The van der Waals surface area contributed by atoms with Crippen LogP contribution in [0.2, 0.25) is 0 Å². The van der Waals surface area contributed by atoms with E-state index in [1.165, 1.54) is 7.11 Å². The Hall–Kier alpha value is -2.28. The van der Waals surface area contributed by atoms with Crippen LogP contribution in [0.4, 0.5) is 0 Å². The molecule has 21 heavy (non-hydrogen) atoms. The largest absolute Gasteiger partial charge is 0.467 e. The van der Waals surface area contributed by atoms with Crippen molar-refractivity contribution in [2.45, 2.75) is 6.92 Å². The summed E-state index contributed by atoms with van der Waals surface area (Å²) in [6, 6.07) is 7.98. The zero-order valence-corrected chi connectivity index (χ0v) is 13.0. The van der Waals surface area contributed by atoms with E-state index in [9.17, 15) is 0 Å². The van der Waals surface area contributed by atoms with E-state index in [4.69, 9.17) is 9.26 Å². The van der Waals surface area contributed by atoms with Crippen molar-refractivity contribution in [3.05, 3.63) is 40.6 Å². The average molecular weight is 347 g/mol. The van der Waals surface area contributed by atoms with Crippen LogP contribution in [0, 0.1) is 6.92 Å². The molecule has 2 aromatic heterocycles. The fourth-order valence-electron chi connectivity index (χ4n) is 1.84. The Morgan fingerprint density at radius 2 is 1.95 bits per heavy atom. The summed E-state index contributed by atoms with van der Waals surface area (Å²) in [5.41, 5.74) is 2.25. The third-order valence-electron chi connectivity index (χ3n) is 2.91. The summed E-state index contributed by atoms with van der Waals surface area (Å²) >= 11 is 3.47. The summed E-state index contributed by atoms with van der Waals surface area (Å²) in [6.07, 6.45) is 1.61. The van der Waals surface area contributed by atoms with Gasteiger partial charge in [-0.05, 0) is 19.1 Å². The molecule has 106 valence electrons. The van der Waals surface area contributed by atoms with Gasteiger partial charge in [0.2, 0.25) is 5.82 Å². The van der Waals surface area contributed by atoms with Crippen LogP contribution >= 0.6 is 15.9 Å². The molecule has 0 bridgehead atoms. The van der Waals surface area contributed by atoms with Crippen LogP contribution < -0.4 is 4.74 Å². The molecule has 0 radical (unpaired) electrons. The second-order valence-corrected chi connectivity index (χ2v) is 5.11. The quantitative estimate of drug-likeness (QED) is 0.724. The van der Waals surface area contributed by atoms with Gasteiger partial charge in [0.25, 0.3) is 5.89 Å². The number of rotatable bonds is 3. The van der Waals surface area contributed by atoms with Gasteiger partial charge >= 0.3 is 6.01 Å². The monoisotopic (exact) mass is 346 g/mol. The molecule has 0 spiro atoms. The first-order valence-electron chi connectivity index (χ1n) is 6.15. The first-order chi connectivity index (χ1) is 10.2. The first-order valence-corrected chi connectivity index (χ1v) is 6.95. The van der Waals surface area contributed by atoms with E-state index in [0.29, 0.717) is 29.0 Å². The van der Waals surface area contributed by atoms with E-state index >= 15 is 0 Å². The molecule has 0 saturated carbocycles. The second kappa shape index (κ2) is 5.61. The van der Waals surface area contributed by atoms with Gasteiger partial charge in [0.05, 0.1) is 18.4 Å². The lowest BCUT2D eigenvalue weighted by atomic mass is 10.2. The number of aromatic nitrogens is 4. The number of hydrogen-bond acceptors (Lipinski definition) is 6. The summed E-state index contributed by atoms with van der Waals surface area (Å²) in [7, 11) is 1.52. The van der Waals surface area contributed by atoms with Crippen LogP contribution in [0.5, 0.6) is 6.01 Å². The Labute approximate surface area is 129 Å². The SMILES string of the molecule is COc1ncc(-c2nc(-c3ccccc3Br)no2)c(C)n1. The Kier molecular flexibility index (Phi) is 3.66. The highest BCUT2D eigenvalue weighted by Crippen LogP contribution is 2.28. The van der Waals surface area contributed by atoms with E-state index in [2.05, 4.69) is 36.0 Å². The lowest BCUT2D eigenvalue weighted by Gasteiger charge is -2.01. The number of methoxy groups -OCH3 is 1. The summed E-state index contributed by atoms with van der Waals surface area (Å²) < 4.78 is 11.2. The maximum atomic E-state index is 5.31. The van der Waals surface area contributed by atoms with E-state index < -0.39 is 0 Å². The van der Waals surface area contributed by atoms with Gasteiger partial charge in [-0.3, -0.25) is 0 Å². The van der Waals surface area contributed by atoms with E-state index in [1.807, 2.05) is 31.2 Å². The molecule has 6 nitrogen and oxygen atoms in total. The van der Waals surface area contributed by atoms with Crippen LogP contribution in [0.1, 0.15) is 5.69 Å². The number of aryl methyl sites for hydroxylation is 1. The number of ether oxygens (including phenoxy) is 1. The van der Waals surface area contributed by atoms with Crippen LogP contribution in [0.15, 0.2) is 39.5 Å². The minimum Gasteiger partial charge on any atom is -0.467 e. The van der Waals surface area contributed by atoms with Gasteiger partial charge in [0.1, 0.15) is 0 Å². The minimum atomic E-state index is 0.307. The topological polar surface area (TPSA) is 73.9 Å². The third-order valence-corrected chi connectivity index (χ3v) is 3.60. The summed E-state index contributed by atoms with van der Waals surface area (Å²) in [4.78, 5) is 12.7. The molecule has 7 heteroatoms. The average Bonchev–Trinajstić information content (AvgIpc) is 2.97. The lowest BCUT2D eigenvalue weighted by Crippen LogP contribution is -1.96. The van der Waals surface area contributed by atoms with Crippen LogP contribution in [0.25, 0.3) is 22.8 Å². The van der Waals surface area contributed by atoms with Crippen molar-refractivity contribution in [2.75, 3.05) is 7.11 Å². The molecule has 0 aliphatic rings. The van der Waals surface area contributed by atoms with Gasteiger partial charge in [-0.1, -0.05) is 33.2 Å². The highest BCUT2D eigenvalue weighted by atomic mass is 79.9. The molecule has 2 heterocycles. The molecule has 0 aliphatic heterocycles. The molecule has 0 saturated heterocycles. The van der Waals surface area contributed by atoms with Crippen LogP contribution in [0.3, 0.4) is 0 Å². The maximum absolute atomic E-state index is 5.31. The highest BCUT2D eigenvalue weighted by molar-refractivity contribution is 9.10. The number of hydrogen-bond donors (Lipinski definition) is 0. The molecular weight excluding hydrogens is 336 g/mol. The Bertz CT molecular complexity index is 788. The molecule has 0 N–H and O–H groups in total. The van der Waals surface area contributed by atoms with Crippen molar-refractivity contribution in [3.8, 4) is 28.9 Å². The summed E-state index contributed by atoms with van der Waals surface area (Å²) in [5, 5.41) is 4.00. The van der Waals surface area contributed by atoms with Gasteiger partial charge in [0.15, 0.2) is 0 Å². The molecular formula is C14H11BrN4O2. The lowest BCUT2D eigenvalue weighted by molar-refractivity contribution is 0.378. The first kappa shape index (κ1) is 13.7. The number of halogens is 1. The predicted octanol–water partition coefficient (Wildman–Crippen LogP) is 3.27. The zero-order valence-electron chi connectivity index (χ0n) is 11.4. The maximum Gasteiger partial charge on any atom is 0.316 e. The molecule has 1 aromatic carbocycles. The van der Waals surface area contributed by atoms with Gasteiger partial charge < -0.3 is 9.26 Å². The van der Waals surface area contributed by atoms with Gasteiger partial charge in [-0.2, -0.15) is 9.97 Å². The highest BCUT2D eigenvalue weighted by Gasteiger charge is 2.15. The van der Waals surface area contributed by atoms with Crippen molar-refractivity contribution in [1.82, 2.24) is 20.1 Å². The standard InChI is InChI=1S/C14H11BrN4O2/c1-8-10(7-16-14(17-8)20-2)13-18-12(19-21-13)9-5-3-4-6-11(9)15/h3-7H,1-2H3. The minimum absolute atomic E-state index is 0.307. The smallest absolute Gasteiger partial charge is 0.316 e. The molecule has 0 aliphatic carbocycles. The zero-order chi connectivity index (χ0) is 14.8. The van der Waals surface area contributed by atoms with Crippen molar-refractivity contribution >= 4 is 15.9 Å². The Morgan fingerprint density at radius 3 is 2.67 bits per heavy atom. The molecule has 0 unspecified atom stereocenters. The molecule has 0 amide bonds. The predicted molar refractivity (Wildman–Crippen MR) is 79.7 cm³/mol. The van der Waals surface area contributed by atoms with Crippen molar-refractivity contribution < 1.29 is 9.26 Å². The fraction of sp³-hybridized carbons (Fsp3) is 0.143. The molecule has 0 atom stereocenters. The van der Waals surface area contributed by atoms with Crippen LogP contribution in [-0.4, -0.2) is 27.2 Å². The Morgan fingerprint density at radius 1 is 1.14 bits per heavy atom. The fourth-order valence-corrected chi connectivity index (χ4v) is 2.30. The van der Waals surface area contributed by atoms with Crippen LogP contribution in [-0.2, 0) is 0 Å². The number of benzene rings is 1. The van der Waals surface area contributed by atoms with E-state index in [-0.39, 0.29) is 0 Å².